The topological polar surface area (TPSA) is 135 Å². The van der Waals surface area contributed by atoms with Gasteiger partial charge in [0.15, 0.2) is 0 Å². The predicted octanol–water partition coefficient (Wildman–Crippen LogP) is 2.99. The summed E-state index contributed by atoms with van der Waals surface area (Å²) in [6, 6.07) is 0. The van der Waals surface area contributed by atoms with Gasteiger partial charge in [-0.15, -0.1) is 0 Å². The highest BCUT2D eigenvalue weighted by Gasteiger charge is 2.94. The minimum Gasteiger partial charge on any atom is -0.475 e. The highest BCUT2D eigenvalue weighted by atomic mass is 19.4. The van der Waals surface area contributed by atoms with Gasteiger partial charge in [0.1, 0.15) is 11.2 Å². The number of aliphatic imine (C=N–C) groups is 1. The van der Waals surface area contributed by atoms with E-state index in [9.17, 15) is 27.9 Å². The van der Waals surface area contributed by atoms with Crippen molar-refractivity contribution in [2.45, 2.75) is 82.3 Å². The van der Waals surface area contributed by atoms with Gasteiger partial charge in [-0.2, -0.15) is 13.2 Å². The Bertz CT molecular complexity index is 1250. The summed E-state index contributed by atoms with van der Waals surface area (Å²) < 4.78 is 49.6. The molecule has 0 aromatic heterocycles. The van der Waals surface area contributed by atoms with Crippen LogP contribution in [-0.2, 0) is 28.6 Å². The summed E-state index contributed by atoms with van der Waals surface area (Å²) in [7, 11) is 1.44. The average molecular weight is 556 g/mol. The Hall–Kier alpha value is -2.47. The van der Waals surface area contributed by atoms with Gasteiger partial charge in [0, 0.05) is 35.6 Å². The number of hydrogen-bond acceptors (Lipinski definition) is 8. The number of aliphatic hydroxyl groups excluding tert-OH is 1. The molecular formula is C27H32F3NO8. The van der Waals surface area contributed by atoms with Gasteiger partial charge >= 0.3 is 24.1 Å². The van der Waals surface area contributed by atoms with Crippen molar-refractivity contribution >= 4 is 23.6 Å². The molecule has 8 atom stereocenters. The molecule has 0 radical (unpaired) electrons. The van der Waals surface area contributed by atoms with Crippen LogP contribution >= 0.6 is 0 Å². The fraction of sp³-hybridized carbons (Fsp3) is 0.778. The number of aliphatic carboxylic acids is 1. The van der Waals surface area contributed by atoms with Crippen molar-refractivity contribution in [1.29, 1.82) is 0 Å². The summed E-state index contributed by atoms with van der Waals surface area (Å²) in [4.78, 5) is 39.1. The highest BCUT2D eigenvalue weighted by Crippen LogP contribution is 2.87. The van der Waals surface area contributed by atoms with Gasteiger partial charge in [0.2, 0.25) is 0 Å². The van der Waals surface area contributed by atoms with E-state index in [2.05, 4.69) is 6.92 Å². The standard InChI is InChI=1S/C25H31NO6.C2HF3O2/c1-13-11-26-20-23(13)9-8-21(12-31-14(2)27)17(18(23)28)5-7-22-6-4-16-15(19(29)30-3)10-24(20,21)25(16,22)32-22;3-2(4,5)1(6)7/h13,17-18,28H,4-12H2,1-3H3;(H,6,7)/t13-,17-,18-,21-,22+,23+,24+,25+;/m1./s1. The van der Waals surface area contributed by atoms with Crippen LogP contribution in [0, 0.1) is 28.1 Å². The molecule has 0 aromatic carbocycles. The van der Waals surface area contributed by atoms with E-state index in [4.69, 9.17) is 29.1 Å². The molecule has 1 saturated heterocycles. The van der Waals surface area contributed by atoms with Crippen LogP contribution in [0.15, 0.2) is 16.1 Å². The fourth-order valence-electron chi connectivity index (χ4n) is 10.0. The first kappa shape index (κ1) is 26.7. The molecule has 214 valence electrons. The first-order valence-corrected chi connectivity index (χ1v) is 13.4. The predicted molar refractivity (Wildman–Crippen MR) is 126 cm³/mol. The Balaban J connectivity index is 0.000000353. The number of alkyl halides is 3. The second kappa shape index (κ2) is 7.84. The molecule has 8 rings (SSSR count). The fourth-order valence-corrected chi connectivity index (χ4v) is 10.0. The lowest BCUT2D eigenvalue weighted by atomic mass is 9.34. The number of ether oxygens (including phenoxy) is 3. The normalized spacial score (nSPS) is 45.7. The van der Waals surface area contributed by atoms with E-state index in [1.165, 1.54) is 14.0 Å². The second-order valence-electron chi connectivity index (χ2n) is 12.3. The number of methoxy groups -OCH3 is 1. The molecule has 5 saturated carbocycles. The molecular weight excluding hydrogens is 523 g/mol. The van der Waals surface area contributed by atoms with Crippen molar-refractivity contribution in [2.75, 3.05) is 20.3 Å². The lowest BCUT2D eigenvalue weighted by Gasteiger charge is -2.69. The summed E-state index contributed by atoms with van der Waals surface area (Å²) >= 11 is 0. The molecule has 9 nitrogen and oxygen atoms in total. The van der Waals surface area contributed by atoms with E-state index in [1.54, 1.807) is 0 Å². The monoisotopic (exact) mass is 555 g/mol. The summed E-state index contributed by atoms with van der Waals surface area (Å²) in [5.74, 6) is -3.10. The zero-order chi connectivity index (χ0) is 28.4. The Morgan fingerprint density at radius 1 is 1.18 bits per heavy atom. The third-order valence-corrected chi connectivity index (χ3v) is 11.3. The van der Waals surface area contributed by atoms with E-state index in [-0.39, 0.29) is 41.4 Å². The Labute approximate surface area is 222 Å². The largest absolute Gasteiger partial charge is 0.490 e. The molecule has 2 heterocycles. The van der Waals surface area contributed by atoms with Gasteiger partial charge < -0.3 is 24.4 Å². The minimum absolute atomic E-state index is 0.00315. The van der Waals surface area contributed by atoms with E-state index in [0.29, 0.717) is 13.0 Å². The number of esters is 2. The van der Waals surface area contributed by atoms with E-state index >= 15 is 0 Å². The van der Waals surface area contributed by atoms with E-state index in [0.717, 1.165) is 55.4 Å². The van der Waals surface area contributed by atoms with E-state index in [1.807, 2.05) is 0 Å². The lowest BCUT2D eigenvalue weighted by molar-refractivity contribution is -0.206. The minimum atomic E-state index is -5.08. The highest BCUT2D eigenvalue weighted by molar-refractivity contribution is 6.06. The number of rotatable bonds is 3. The summed E-state index contributed by atoms with van der Waals surface area (Å²) in [6.07, 6.45) is 0.0989. The van der Waals surface area contributed by atoms with Gasteiger partial charge in [-0.25, -0.2) is 9.59 Å². The molecule has 3 spiro atoms. The zero-order valence-electron chi connectivity index (χ0n) is 22.0. The van der Waals surface area contributed by atoms with Gasteiger partial charge in [-0.05, 0) is 62.4 Å². The molecule has 0 amide bonds. The number of halogens is 3. The van der Waals surface area contributed by atoms with Crippen molar-refractivity contribution in [1.82, 2.24) is 0 Å². The molecule has 12 heteroatoms. The molecule has 39 heavy (non-hydrogen) atoms. The van der Waals surface area contributed by atoms with Gasteiger partial charge in [-0.1, -0.05) is 6.92 Å². The average Bonchev–Trinajstić information content (AvgIpc) is 3.08. The third kappa shape index (κ3) is 2.80. The molecule has 6 fully saturated rings. The van der Waals surface area contributed by atoms with Crippen LogP contribution in [0.2, 0.25) is 0 Å². The Kier molecular flexibility index (Phi) is 5.37. The van der Waals surface area contributed by atoms with E-state index < -0.39 is 34.7 Å². The van der Waals surface area contributed by atoms with Crippen LogP contribution in [0.4, 0.5) is 13.2 Å². The quantitative estimate of drug-likeness (QED) is 0.401. The Morgan fingerprint density at radius 2 is 1.87 bits per heavy atom. The van der Waals surface area contributed by atoms with Crippen molar-refractivity contribution in [2.24, 2.45) is 33.1 Å². The number of epoxide rings is 1. The molecule has 8 aliphatic rings. The van der Waals surface area contributed by atoms with Crippen molar-refractivity contribution in [3.05, 3.63) is 11.1 Å². The molecule has 2 aliphatic heterocycles. The number of aliphatic hydroxyl groups is 1. The Morgan fingerprint density at radius 3 is 2.49 bits per heavy atom. The van der Waals surface area contributed by atoms with Crippen LogP contribution < -0.4 is 0 Å². The number of hydrogen-bond donors (Lipinski definition) is 2. The lowest BCUT2D eigenvalue weighted by Crippen LogP contribution is -2.76. The van der Waals surface area contributed by atoms with Crippen LogP contribution in [0.1, 0.15) is 58.8 Å². The molecule has 0 unspecified atom stereocenters. The number of carboxylic acid groups (broad SMARTS) is 1. The van der Waals surface area contributed by atoms with Crippen LogP contribution in [0.25, 0.3) is 0 Å². The number of carbonyl (C=O) groups is 3. The van der Waals surface area contributed by atoms with Crippen molar-refractivity contribution < 1.29 is 52.0 Å². The van der Waals surface area contributed by atoms with Crippen molar-refractivity contribution in [3.8, 4) is 0 Å². The summed E-state index contributed by atoms with van der Waals surface area (Å²) in [6.45, 7) is 4.60. The van der Waals surface area contributed by atoms with Crippen LogP contribution in [-0.4, -0.2) is 77.6 Å². The third-order valence-electron chi connectivity index (χ3n) is 11.3. The maximum absolute atomic E-state index is 13.0. The second-order valence-corrected chi connectivity index (χ2v) is 12.3. The first-order chi connectivity index (χ1) is 18.2. The first-order valence-electron chi connectivity index (χ1n) is 13.4. The maximum Gasteiger partial charge on any atom is 0.490 e. The number of carboxylic acids is 1. The van der Waals surface area contributed by atoms with Gasteiger partial charge in [-0.3, -0.25) is 9.79 Å². The van der Waals surface area contributed by atoms with Crippen molar-refractivity contribution in [3.63, 3.8) is 0 Å². The molecule has 6 aliphatic carbocycles. The van der Waals surface area contributed by atoms with Gasteiger partial charge in [0.05, 0.1) is 25.2 Å². The summed E-state index contributed by atoms with van der Waals surface area (Å²) in [5, 5.41) is 19.1. The van der Waals surface area contributed by atoms with Crippen LogP contribution in [0.5, 0.6) is 0 Å². The maximum atomic E-state index is 13.0. The van der Waals surface area contributed by atoms with Gasteiger partial charge in [0.25, 0.3) is 0 Å². The number of nitrogens with zero attached hydrogens (tertiary/aromatic N) is 1. The van der Waals surface area contributed by atoms with Crippen LogP contribution in [0.3, 0.4) is 0 Å². The zero-order valence-corrected chi connectivity index (χ0v) is 22.0. The molecule has 0 aromatic rings. The summed E-state index contributed by atoms with van der Waals surface area (Å²) in [5.41, 5.74) is 0.630. The number of carbonyl (C=O) groups excluding carboxylic acids is 2. The smallest absolute Gasteiger partial charge is 0.475 e. The molecule has 2 N–H and O–H groups in total. The number of fused-ring (bicyclic) bond motifs is 1. The SMILES string of the molecule is COC(=O)C1=C2CC[C@]34CC[C@@H]5[C@@H](O)[C@@]67CC[C@]5(COC(C)=O)[C@](C1)(C6=NC[C@H]7C)[C@]23O4.O=C(O)C(F)(F)F. The molecule has 4 bridgehead atoms.